The SMILES string of the molecule is O=C(C(=O)C(=O)C(=O)c1ccccc1)C(=O)C(=O)c1ccccc1. The maximum absolute atomic E-state index is 11.8. The van der Waals surface area contributed by atoms with Gasteiger partial charge in [-0.05, 0) is 0 Å². The Kier molecular flexibility index (Phi) is 5.01. The Morgan fingerprint density at radius 3 is 1.00 bits per heavy atom. The fraction of sp³-hybridized carbons (Fsp3) is 0. The van der Waals surface area contributed by atoms with Gasteiger partial charge in [0.25, 0.3) is 23.1 Å². The van der Waals surface area contributed by atoms with Crippen molar-refractivity contribution in [3.05, 3.63) is 71.8 Å². The molecular formula is C18H10O6. The van der Waals surface area contributed by atoms with Crippen LogP contribution < -0.4 is 0 Å². The standard InChI is InChI=1S/C18H10O6/c19-13(11-7-3-1-4-8-11)15(21)17(23)18(24)16(22)14(20)12-9-5-2-6-10-12/h1-10H. The van der Waals surface area contributed by atoms with E-state index in [9.17, 15) is 28.8 Å². The fourth-order valence-corrected chi connectivity index (χ4v) is 1.85. The molecule has 0 aliphatic carbocycles. The van der Waals surface area contributed by atoms with Crippen molar-refractivity contribution < 1.29 is 28.8 Å². The summed E-state index contributed by atoms with van der Waals surface area (Å²) in [7, 11) is 0. The lowest BCUT2D eigenvalue weighted by Gasteiger charge is -2.00. The predicted molar refractivity (Wildman–Crippen MR) is 81.6 cm³/mol. The smallest absolute Gasteiger partial charge is 0.281 e. The van der Waals surface area contributed by atoms with Crippen LogP contribution in [-0.4, -0.2) is 34.7 Å². The quantitative estimate of drug-likeness (QED) is 0.428. The van der Waals surface area contributed by atoms with Crippen molar-refractivity contribution in [2.45, 2.75) is 0 Å². The fourth-order valence-electron chi connectivity index (χ4n) is 1.85. The number of rotatable bonds is 7. The van der Waals surface area contributed by atoms with E-state index in [0.29, 0.717) is 0 Å². The molecule has 2 aromatic carbocycles. The van der Waals surface area contributed by atoms with E-state index in [1.54, 1.807) is 12.1 Å². The molecule has 0 unspecified atom stereocenters. The Hall–Kier alpha value is -3.54. The summed E-state index contributed by atoms with van der Waals surface area (Å²) in [5.74, 6) is -9.38. The van der Waals surface area contributed by atoms with Gasteiger partial charge in [0.05, 0.1) is 0 Å². The van der Waals surface area contributed by atoms with Crippen LogP contribution >= 0.6 is 0 Å². The molecule has 0 aliphatic heterocycles. The number of carbonyl (C=O) groups is 6. The highest BCUT2D eigenvalue weighted by atomic mass is 16.2. The van der Waals surface area contributed by atoms with Gasteiger partial charge < -0.3 is 0 Å². The molecule has 0 saturated heterocycles. The van der Waals surface area contributed by atoms with Gasteiger partial charge in [0.2, 0.25) is 11.6 Å². The van der Waals surface area contributed by atoms with E-state index in [-0.39, 0.29) is 11.1 Å². The number of hydrogen-bond acceptors (Lipinski definition) is 6. The van der Waals surface area contributed by atoms with Crippen molar-refractivity contribution in [1.29, 1.82) is 0 Å². The maximum atomic E-state index is 11.8. The zero-order valence-corrected chi connectivity index (χ0v) is 12.2. The molecule has 0 bridgehead atoms. The van der Waals surface area contributed by atoms with Gasteiger partial charge >= 0.3 is 0 Å². The second-order valence-electron chi connectivity index (χ2n) is 4.71. The summed E-state index contributed by atoms with van der Waals surface area (Å²) in [6, 6.07) is 14.2. The second-order valence-corrected chi connectivity index (χ2v) is 4.71. The zero-order chi connectivity index (χ0) is 17.7. The molecule has 24 heavy (non-hydrogen) atoms. The van der Waals surface area contributed by atoms with E-state index in [4.69, 9.17) is 0 Å². The Morgan fingerprint density at radius 2 is 0.708 bits per heavy atom. The summed E-state index contributed by atoms with van der Waals surface area (Å²) in [5.41, 5.74) is -0.184. The van der Waals surface area contributed by atoms with Crippen molar-refractivity contribution in [1.82, 2.24) is 0 Å². The molecule has 0 N–H and O–H groups in total. The monoisotopic (exact) mass is 322 g/mol. The predicted octanol–water partition coefficient (Wildman–Crippen LogP) is 1.03. The van der Waals surface area contributed by atoms with Gasteiger partial charge in [-0.2, -0.15) is 0 Å². The molecule has 0 heterocycles. The normalized spacial score (nSPS) is 9.83. The van der Waals surface area contributed by atoms with Crippen LogP contribution in [-0.2, 0) is 19.2 Å². The summed E-state index contributed by atoms with van der Waals surface area (Å²) in [4.78, 5) is 70.7. The number of ketones is 6. The van der Waals surface area contributed by atoms with Crippen molar-refractivity contribution in [3.8, 4) is 0 Å². The van der Waals surface area contributed by atoms with E-state index in [1.807, 2.05) is 0 Å². The second kappa shape index (κ2) is 7.15. The van der Waals surface area contributed by atoms with E-state index in [2.05, 4.69) is 0 Å². The number of benzene rings is 2. The summed E-state index contributed by atoms with van der Waals surface area (Å²) >= 11 is 0. The molecule has 6 nitrogen and oxygen atoms in total. The number of Topliss-reactive ketones (excluding diaryl/α,β-unsaturated/α-hetero) is 6. The molecule has 118 valence electrons. The number of hydrogen-bond donors (Lipinski definition) is 0. The molecule has 0 aliphatic rings. The van der Waals surface area contributed by atoms with Gasteiger partial charge in [-0.3, -0.25) is 28.8 Å². The van der Waals surface area contributed by atoms with E-state index >= 15 is 0 Å². The molecule has 0 amide bonds. The van der Waals surface area contributed by atoms with Crippen LogP contribution in [0.4, 0.5) is 0 Å². The molecule has 2 aromatic rings. The van der Waals surface area contributed by atoms with Crippen molar-refractivity contribution in [3.63, 3.8) is 0 Å². The molecule has 6 heteroatoms. The molecule has 0 saturated carbocycles. The van der Waals surface area contributed by atoms with E-state index in [0.717, 1.165) is 0 Å². The lowest BCUT2D eigenvalue weighted by Crippen LogP contribution is -2.38. The van der Waals surface area contributed by atoms with Crippen LogP contribution in [0.5, 0.6) is 0 Å². The topological polar surface area (TPSA) is 102 Å². The van der Waals surface area contributed by atoms with E-state index in [1.165, 1.54) is 48.5 Å². The van der Waals surface area contributed by atoms with Gasteiger partial charge in [0, 0.05) is 11.1 Å². The first-order valence-corrected chi connectivity index (χ1v) is 6.80. The van der Waals surface area contributed by atoms with Gasteiger partial charge in [0.15, 0.2) is 0 Å². The molecule has 0 fully saturated rings. The zero-order valence-electron chi connectivity index (χ0n) is 12.2. The molecular weight excluding hydrogens is 312 g/mol. The summed E-state index contributed by atoms with van der Waals surface area (Å²) in [5, 5.41) is 0. The third-order valence-electron chi connectivity index (χ3n) is 3.10. The van der Waals surface area contributed by atoms with Crippen LogP contribution in [0.15, 0.2) is 60.7 Å². The first kappa shape index (κ1) is 16.8. The van der Waals surface area contributed by atoms with Crippen molar-refractivity contribution >= 4 is 34.7 Å². The van der Waals surface area contributed by atoms with Crippen LogP contribution in [0.25, 0.3) is 0 Å². The Labute approximate surface area is 136 Å². The Bertz CT molecular complexity index is 776. The average molecular weight is 322 g/mol. The summed E-state index contributed by atoms with van der Waals surface area (Å²) < 4.78 is 0. The van der Waals surface area contributed by atoms with Crippen LogP contribution in [0, 0.1) is 0 Å². The largest absolute Gasteiger partial charge is 0.285 e. The van der Waals surface area contributed by atoms with Crippen molar-refractivity contribution in [2.75, 3.05) is 0 Å². The highest BCUT2D eigenvalue weighted by Gasteiger charge is 2.36. The Balaban J connectivity index is 2.16. The van der Waals surface area contributed by atoms with Gasteiger partial charge in [-0.25, -0.2) is 0 Å². The van der Waals surface area contributed by atoms with Gasteiger partial charge in [0.1, 0.15) is 0 Å². The highest BCUT2D eigenvalue weighted by Crippen LogP contribution is 2.04. The molecule has 0 radical (unpaired) electrons. The highest BCUT2D eigenvalue weighted by molar-refractivity contribution is 6.93. The first-order chi connectivity index (χ1) is 11.4. The van der Waals surface area contributed by atoms with E-state index < -0.39 is 34.7 Å². The van der Waals surface area contributed by atoms with Crippen LogP contribution in [0.3, 0.4) is 0 Å². The minimum Gasteiger partial charge on any atom is -0.285 e. The summed E-state index contributed by atoms with van der Waals surface area (Å²) in [6.45, 7) is 0. The third-order valence-corrected chi connectivity index (χ3v) is 3.10. The molecule has 0 aromatic heterocycles. The van der Waals surface area contributed by atoms with Gasteiger partial charge in [-0.1, -0.05) is 60.7 Å². The average Bonchev–Trinajstić information content (AvgIpc) is 2.65. The lowest BCUT2D eigenvalue weighted by atomic mass is 9.98. The van der Waals surface area contributed by atoms with Crippen LogP contribution in [0.2, 0.25) is 0 Å². The Morgan fingerprint density at radius 1 is 0.417 bits per heavy atom. The lowest BCUT2D eigenvalue weighted by molar-refractivity contribution is -0.146. The van der Waals surface area contributed by atoms with Crippen LogP contribution in [0.1, 0.15) is 20.7 Å². The molecule has 0 atom stereocenters. The molecule has 2 rings (SSSR count). The minimum absolute atomic E-state index is 0.0921. The summed E-state index contributed by atoms with van der Waals surface area (Å²) in [6.07, 6.45) is 0. The molecule has 0 spiro atoms. The third kappa shape index (κ3) is 3.44. The minimum atomic E-state index is -1.82. The number of carbonyl (C=O) groups excluding carboxylic acids is 6. The maximum Gasteiger partial charge on any atom is 0.281 e. The van der Waals surface area contributed by atoms with Crippen molar-refractivity contribution in [2.24, 2.45) is 0 Å². The first-order valence-electron chi connectivity index (χ1n) is 6.80. The van der Waals surface area contributed by atoms with Gasteiger partial charge in [-0.15, -0.1) is 0 Å².